The quantitative estimate of drug-likeness (QED) is 0.497. The highest BCUT2D eigenvalue weighted by atomic mass is 32.2. The van der Waals surface area contributed by atoms with Gasteiger partial charge in [-0.3, -0.25) is 4.79 Å². The number of nitrogens with zero attached hydrogens (tertiary/aromatic N) is 8. The highest BCUT2D eigenvalue weighted by Crippen LogP contribution is 2.47. The molecule has 3 aliphatic heterocycles. The number of rotatable bonds is 3. The number of amides is 1. The van der Waals surface area contributed by atoms with Crippen molar-refractivity contribution in [2.75, 3.05) is 35.2 Å². The number of anilines is 3. The Balaban J connectivity index is 1.48. The van der Waals surface area contributed by atoms with Crippen molar-refractivity contribution in [1.29, 1.82) is 5.26 Å². The third kappa shape index (κ3) is 4.13. The van der Waals surface area contributed by atoms with Crippen LogP contribution in [0.2, 0.25) is 0 Å². The van der Waals surface area contributed by atoms with Crippen LogP contribution in [0.5, 0.6) is 0 Å². The molecule has 1 unspecified atom stereocenters. The van der Waals surface area contributed by atoms with Crippen LogP contribution in [-0.4, -0.2) is 81.9 Å². The van der Waals surface area contributed by atoms with Crippen molar-refractivity contribution in [3.05, 3.63) is 29.2 Å². The highest BCUT2D eigenvalue weighted by molar-refractivity contribution is 7.94. The Kier molecular flexibility index (Phi) is 6.25. The monoisotopic (exact) mass is 582 g/mol. The van der Waals surface area contributed by atoms with Crippen LogP contribution in [0, 0.1) is 11.3 Å². The van der Waals surface area contributed by atoms with Crippen LogP contribution in [0.1, 0.15) is 50.9 Å². The average Bonchev–Trinajstić information content (AvgIpc) is 3.18. The summed E-state index contributed by atoms with van der Waals surface area (Å²) in [6.45, 7) is 7.85. The number of sulfone groups is 1. The molecular weight excluding hydrogens is 556 g/mol. The lowest BCUT2D eigenvalue weighted by atomic mass is 9.87. The Morgan fingerprint density at radius 1 is 1.12 bits per heavy atom. The topological polar surface area (TPSA) is 136 Å². The smallest absolute Gasteiger partial charge is 0.350 e. The summed E-state index contributed by atoms with van der Waals surface area (Å²) in [4.78, 5) is 26.6. The molecule has 0 bridgehead atoms. The molecule has 3 atom stereocenters. The average molecular weight is 583 g/mol. The predicted molar refractivity (Wildman–Crippen MR) is 134 cm³/mol. The molecule has 3 aliphatic rings. The first kappa shape index (κ1) is 27.9. The van der Waals surface area contributed by atoms with Crippen molar-refractivity contribution < 1.29 is 30.8 Å². The van der Waals surface area contributed by atoms with Crippen molar-refractivity contribution in [3.8, 4) is 6.07 Å². The summed E-state index contributed by atoms with van der Waals surface area (Å²) in [7, 11) is -4.14. The predicted octanol–water partition coefficient (Wildman–Crippen LogP) is 2.50. The number of alkyl halides is 4. The number of halogens is 4. The van der Waals surface area contributed by atoms with E-state index in [1.807, 2.05) is 18.7 Å². The van der Waals surface area contributed by atoms with Crippen molar-refractivity contribution >= 4 is 33.2 Å². The molecule has 5 rings (SSSR count). The highest BCUT2D eigenvalue weighted by Gasteiger charge is 2.61. The van der Waals surface area contributed by atoms with Crippen molar-refractivity contribution in [1.82, 2.24) is 25.1 Å². The maximum atomic E-state index is 15.1. The molecule has 40 heavy (non-hydrogen) atoms. The van der Waals surface area contributed by atoms with Crippen LogP contribution in [0.3, 0.4) is 0 Å². The number of fused-ring (bicyclic) bond motifs is 1. The Labute approximate surface area is 227 Å². The lowest BCUT2D eigenvalue weighted by molar-refractivity contribution is -0.143. The van der Waals surface area contributed by atoms with E-state index in [9.17, 15) is 31.6 Å². The van der Waals surface area contributed by atoms with Crippen LogP contribution >= 0.6 is 0 Å². The molecule has 2 aromatic heterocycles. The van der Waals surface area contributed by atoms with E-state index in [4.69, 9.17) is 0 Å². The van der Waals surface area contributed by atoms with E-state index in [-0.39, 0.29) is 43.7 Å². The standard InChI is InChI=1S/C24H26F4N8O3S/c1-13-10-35(21(37)23(25)5-6-40(23,38)39)14(2)9-34(13)19-17-20(31-12-30-19)36(11-22(17,3)4)16-7-15(8-29)18(33-32-16)24(26,27)28/h7,12-14H,5-6,9-11H2,1-4H3/t13-,14+,23?/m0/s1. The van der Waals surface area contributed by atoms with Crippen LogP contribution in [0.4, 0.5) is 35.0 Å². The first-order valence-electron chi connectivity index (χ1n) is 12.5. The van der Waals surface area contributed by atoms with Crippen molar-refractivity contribution in [3.63, 3.8) is 0 Å². The van der Waals surface area contributed by atoms with Gasteiger partial charge in [0.05, 0.1) is 11.3 Å². The van der Waals surface area contributed by atoms with Gasteiger partial charge >= 0.3 is 6.18 Å². The van der Waals surface area contributed by atoms with Crippen LogP contribution < -0.4 is 9.80 Å². The number of carbonyl (C=O) groups excluding carboxylic acids is 1. The Bertz CT molecular complexity index is 1540. The van der Waals surface area contributed by atoms with Crippen LogP contribution in [0.25, 0.3) is 0 Å². The summed E-state index contributed by atoms with van der Waals surface area (Å²) in [5.41, 5.74) is -1.99. The second-order valence-electron chi connectivity index (χ2n) is 11.0. The fraction of sp³-hybridized carbons (Fsp3) is 0.583. The van der Waals surface area contributed by atoms with Crippen molar-refractivity contribution in [2.24, 2.45) is 0 Å². The van der Waals surface area contributed by atoms with Gasteiger partial charge in [-0.05, 0) is 13.8 Å². The molecule has 0 aliphatic carbocycles. The normalized spacial score (nSPS) is 27.1. The Morgan fingerprint density at radius 3 is 2.38 bits per heavy atom. The zero-order chi connectivity index (χ0) is 29.4. The van der Waals surface area contributed by atoms with Crippen LogP contribution in [-0.2, 0) is 26.2 Å². The van der Waals surface area contributed by atoms with Crippen molar-refractivity contribution in [2.45, 2.75) is 62.8 Å². The lowest BCUT2D eigenvalue weighted by Crippen LogP contribution is -2.66. The molecule has 0 N–H and O–H groups in total. The molecule has 11 nitrogen and oxygen atoms in total. The molecule has 2 aromatic rings. The fourth-order valence-electron chi connectivity index (χ4n) is 5.55. The molecule has 16 heteroatoms. The summed E-state index contributed by atoms with van der Waals surface area (Å²) in [6.07, 6.45) is -3.90. The first-order chi connectivity index (χ1) is 18.5. The number of nitriles is 1. The SMILES string of the molecule is C[C@@H]1CN(c2ncnc3c2C(C)(C)CN3c2cc(C#N)c(C(F)(F)F)nn2)[C@@H](C)CN1C(=O)C1(F)CCS1(=O)=O. The number of hydrogen-bond acceptors (Lipinski definition) is 10. The maximum absolute atomic E-state index is 15.1. The largest absolute Gasteiger partial charge is 0.436 e. The van der Waals surface area contributed by atoms with Gasteiger partial charge in [0.1, 0.15) is 24.0 Å². The lowest BCUT2D eigenvalue weighted by Gasteiger charge is -2.47. The zero-order valence-electron chi connectivity index (χ0n) is 22.1. The summed E-state index contributed by atoms with van der Waals surface area (Å²) in [6, 6.07) is 1.63. The first-order valence-corrected chi connectivity index (χ1v) is 14.1. The summed E-state index contributed by atoms with van der Waals surface area (Å²) >= 11 is 0. The second-order valence-corrected chi connectivity index (χ2v) is 13.3. The van der Waals surface area contributed by atoms with Gasteiger partial charge in [0, 0.05) is 55.2 Å². The molecule has 0 spiro atoms. The number of piperazine rings is 1. The van der Waals surface area contributed by atoms with Gasteiger partial charge in [-0.1, -0.05) is 13.8 Å². The minimum atomic E-state index is -4.84. The van der Waals surface area contributed by atoms with E-state index in [1.54, 1.807) is 18.7 Å². The van der Waals surface area contributed by atoms with E-state index < -0.39 is 49.6 Å². The molecule has 0 aromatic carbocycles. The van der Waals surface area contributed by atoms with Gasteiger partial charge in [0.25, 0.3) is 10.9 Å². The van der Waals surface area contributed by atoms with E-state index in [0.717, 1.165) is 6.07 Å². The third-order valence-electron chi connectivity index (χ3n) is 7.76. The Morgan fingerprint density at radius 2 is 1.80 bits per heavy atom. The molecule has 2 fully saturated rings. The van der Waals surface area contributed by atoms with Crippen LogP contribution in [0.15, 0.2) is 12.4 Å². The second kappa shape index (κ2) is 8.95. The zero-order valence-corrected chi connectivity index (χ0v) is 22.9. The van der Waals surface area contributed by atoms with Gasteiger partial charge in [0.2, 0.25) is 0 Å². The van der Waals surface area contributed by atoms with Gasteiger partial charge in [-0.15, -0.1) is 10.2 Å². The third-order valence-corrected chi connectivity index (χ3v) is 9.87. The van der Waals surface area contributed by atoms with Gasteiger partial charge in [-0.25, -0.2) is 22.8 Å². The summed E-state index contributed by atoms with van der Waals surface area (Å²) in [5, 5.41) is 13.5. The van der Waals surface area contributed by atoms with Gasteiger partial charge in [-0.2, -0.15) is 18.4 Å². The number of carbonyl (C=O) groups is 1. The maximum Gasteiger partial charge on any atom is 0.436 e. The fourth-order valence-corrected chi connectivity index (χ4v) is 6.83. The Hall–Kier alpha value is -3.61. The molecule has 2 saturated heterocycles. The molecule has 5 heterocycles. The summed E-state index contributed by atoms with van der Waals surface area (Å²) in [5.74, 6) is -0.485. The van der Waals surface area contributed by atoms with E-state index in [0.29, 0.717) is 17.2 Å². The molecule has 1 amide bonds. The minimum absolute atomic E-state index is 0.0211. The molecule has 214 valence electrons. The molecular formula is C24H26F4N8O3S. The van der Waals surface area contributed by atoms with Gasteiger partial charge in [0.15, 0.2) is 21.3 Å². The minimum Gasteiger partial charge on any atom is -0.350 e. The number of aromatic nitrogens is 4. The number of hydrogen-bond donors (Lipinski definition) is 0. The van der Waals surface area contributed by atoms with E-state index >= 15 is 4.39 Å². The summed E-state index contributed by atoms with van der Waals surface area (Å²) < 4.78 is 78.9. The van der Waals surface area contributed by atoms with E-state index in [2.05, 4.69) is 20.2 Å². The van der Waals surface area contributed by atoms with Gasteiger partial charge < -0.3 is 14.7 Å². The molecule has 0 saturated carbocycles. The molecule has 0 radical (unpaired) electrons. The van der Waals surface area contributed by atoms with E-state index in [1.165, 1.54) is 17.3 Å².